The van der Waals surface area contributed by atoms with Gasteiger partial charge in [-0.1, -0.05) is 36.4 Å². The van der Waals surface area contributed by atoms with Crippen LogP contribution in [0, 0.1) is 0 Å². The van der Waals surface area contributed by atoms with E-state index in [2.05, 4.69) is 41.4 Å². The second-order valence-electron chi connectivity index (χ2n) is 7.65. The van der Waals surface area contributed by atoms with Gasteiger partial charge in [0.15, 0.2) is 0 Å². The summed E-state index contributed by atoms with van der Waals surface area (Å²) in [6, 6.07) is 16.8. The molecule has 0 atom stereocenters. The number of rotatable bonds is 6. The van der Waals surface area contributed by atoms with Crippen LogP contribution in [0.1, 0.15) is 36.5 Å². The van der Waals surface area contributed by atoms with Gasteiger partial charge >= 0.3 is 0 Å². The number of hydrogen-bond acceptors (Lipinski definition) is 4. The Bertz CT molecular complexity index is 965. The minimum Gasteiger partial charge on any atom is -0.489 e. The second-order valence-corrected chi connectivity index (χ2v) is 9.91. The fourth-order valence-corrected chi connectivity index (χ4v) is 5.15. The summed E-state index contributed by atoms with van der Waals surface area (Å²) in [5.74, 6) is 1.06. The Balaban J connectivity index is 1.36. The van der Waals surface area contributed by atoms with E-state index < -0.39 is 10.0 Å². The first-order valence-corrected chi connectivity index (χ1v) is 11.9. The predicted molar refractivity (Wildman–Crippen MR) is 116 cm³/mol. The van der Waals surface area contributed by atoms with Crippen molar-refractivity contribution in [1.82, 2.24) is 9.21 Å². The molecule has 2 heterocycles. The van der Waals surface area contributed by atoms with Crippen LogP contribution in [0.3, 0.4) is 0 Å². The molecule has 5 nitrogen and oxygen atoms in total. The Labute approximate surface area is 173 Å². The molecule has 0 aliphatic carbocycles. The van der Waals surface area contributed by atoms with Crippen LogP contribution in [-0.4, -0.2) is 42.5 Å². The van der Waals surface area contributed by atoms with E-state index in [4.69, 9.17) is 4.74 Å². The Morgan fingerprint density at radius 3 is 2.55 bits per heavy atom. The molecule has 2 aliphatic heterocycles. The van der Waals surface area contributed by atoms with Crippen LogP contribution in [0.5, 0.6) is 5.75 Å². The third kappa shape index (κ3) is 4.65. The molecule has 2 aromatic rings. The van der Waals surface area contributed by atoms with Gasteiger partial charge in [0.2, 0.25) is 10.0 Å². The van der Waals surface area contributed by atoms with Crippen molar-refractivity contribution in [2.45, 2.75) is 39.0 Å². The molecular formula is C23H28N2O3S. The van der Waals surface area contributed by atoms with Crippen LogP contribution in [0.15, 0.2) is 54.7 Å². The number of benzene rings is 2. The number of fused-ring (bicyclic) bond motifs is 1. The summed E-state index contributed by atoms with van der Waals surface area (Å²) in [6.45, 7) is 4.36. The monoisotopic (exact) mass is 412 g/mol. The lowest BCUT2D eigenvalue weighted by Crippen LogP contribution is -2.45. The first-order valence-electron chi connectivity index (χ1n) is 10.3. The molecule has 0 aromatic heterocycles. The Kier molecular flexibility index (Phi) is 5.92. The van der Waals surface area contributed by atoms with Crippen molar-refractivity contribution in [2.24, 2.45) is 0 Å². The van der Waals surface area contributed by atoms with Gasteiger partial charge in [0.05, 0.1) is 5.75 Å². The molecule has 0 amide bonds. The zero-order valence-corrected chi connectivity index (χ0v) is 17.6. The number of piperidine rings is 1. The molecule has 4 rings (SSSR count). The lowest BCUT2D eigenvalue weighted by molar-refractivity contribution is 0.183. The quantitative estimate of drug-likeness (QED) is 0.723. The molecule has 0 unspecified atom stereocenters. The highest BCUT2D eigenvalue weighted by Crippen LogP contribution is 2.29. The van der Waals surface area contributed by atoms with Crippen LogP contribution in [0.4, 0.5) is 0 Å². The molecule has 154 valence electrons. The van der Waals surface area contributed by atoms with Gasteiger partial charge in [0.1, 0.15) is 12.4 Å². The van der Waals surface area contributed by atoms with E-state index in [9.17, 15) is 8.42 Å². The first-order chi connectivity index (χ1) is 14.0. The van der Waals surface area contributed by atoms with Gasteiger partial charge in [-0.2, -0.15) is 0 Å². The molecule has 1 saturated heterocycles. The highest BCUT2D eigenvalue weighted by Gasteiger charge is 2.29. The topological polar surface area (TPSA) is 49.9 Å². The van der Waals surface area contributed by atoms with Crippen molar-refractivity contribution < 1.29 is 13.2 Å². The predicted octanol–water partition coefficient (Wildman–Crippen LogP) is 3.87. The summed E-state index contributed by atoms with van der Waals surface area (Å²) in [7, 11) is -3.07. The highest BCUT2D eigenvalue weighted by molar-refractivity contribution is 7.89. The van der Waals surface area contributed by atoms with E-state index in [0.717, 1.165) is 30.7 Å². The third-order valence-electron chi connectivity index (χ3n) is 5.81. The molecule has 29 heavy (non-hydrogen) atoms. The van der Waals surface area contributed by atoms with Crippen molar-refractivity contribution in [1.29, 1.82) is 0 Å². The van der Waals surface area contributed by atoms with E-state index in [1.807, 2.05) is 24.3 Å². The van der Waals surface area contributed by atoms with E-state index >= 15 is 0 Å². The lowest BCUT2D eigenvalue weighted by Gasteiger charge is -2.39. The zero-order chi connectivity index (χ0) is 20.3. The van der Waals surface area contributed by atoms with E-state index in [-0.39, 0.29) is 5.75 Å². The van der Waals surface area contributed by atoms with Crippen molar-refractivity contribution in [3.63, 3.8) is 0 Å². The van der Waals surface area contributed by atoms with Crippen LogP contribution in [0.2, 0.25) is 0 Å². The molecule has 1 fully saturated rings. The Morgan fingerprint density at radius 2 is 1.83 bits per heavy atom. The minimum absolute atomic E-state index is 0.184. The average molecular weight is 413 g/mol. The number of nitrogens with zero attached hydrogens (tertiary/aromatic N) is 2. The van der Waals surface area contributed by atoms with Crippen LogP contribution in [0.25, 0.3) is 6.08 Å². The minimum atomic E-state index is -3.07. The van der Waals surface area contributed by atoms with E-state index in [1.165, 1.54) is 11.1 Å². The number of ether oxygens (including phenoxy) is 1. The third-order valence-corrected chi connectivity index (χ3v) is 7.70. The molecule has 2 aromatic carbocycles. The van der Waals surface area contributed by atoms with Crippen molar-refractivity contribution >= 4 is 16.1 Å². The Hall–Kier alpha value is -2.31. The maximum atomic E-state index is 12.1. The largest absolute Gasteiger partial charge is 0.489 e. The van der Waals surface area contributed by atoms with Gasteiger partial charge in [0.25, 0.3) is 0 Å². The maximum absolute atomic E-state index is 12.1. The SMILES string of the molecule is CCS(=O)(=O)N1CCC(N2C=Cc3cc(OCc4ccccc4)ccc3C2)CC1. The number of sulfonamides is 1. The summed E-state index contributed by atoms with van der Waals surface area (Å²) in [5, 5.41) is 0. The van der Waals surface area contributed by atoms with E-state index in [1.54, 1.807) is 11.2 Å². The van der Waals surface area contributed by atoms with Crippen LogP contribution < -0.4 is 4.74 Å². The summed E-state index contributed by atoms with van der Waals surface area (Å²) < 4.78 is 31.7. The van der Waals surface area contributed by atoms with Gasteiger partial charge in [-0.15, -0.1) is 0 Å². The normalized spacial score (nSPS) is 17.9. The molecule has 0 bridgehead atoms. The fraction of sp³-hybridized carbons (Fsp3) is 0.391. The fourth-order valence-electron chi connectivity index (χ4n) is 4.01. The molecule has 0 saturated carbocycles. The van der Waals surface area contributed by atoms with Gasteiger partial charge < -0.3 is 9.64 Å². The molecule has 6 heteroatoms. The smallest absolute Gasteiger partial charge is 0.213 e. The highest BCUT2D eigenvalue weighted by atomic mass is 32.2. The van der Waals surface area contributed by atoms with Gasteiger partial charge in [-0.25, -0.2) is 12.7 Å². The van der Waals surface area contributed by atoms with Crippen LogP contribution in [-0.2, 0) is 23.2 Å². The second kappa shape index (κ2) is 8.59. The maximum Gasteiger partial charge on any atom is 0.213 e. The van der Waals surface area contributed by atoms with Gasteiger partial charge in [-0.3, -0.25) is 0 Å². The molecule has 2 aliphatic rings. The Morgan fingerprint density at radius 1 is 1.07 bits per heavy atom. The summed E-state index contributed by atoms with van der Waals surface area (Å²) in [5.41, 5.74) is 3.63. The van der Waals surface area contributed by atoms with Crippen molar-refractivity contribution in [2.75, 3.05) is 18.8 Å². The molecule has 0 N–H and O–H groups in total. The first kappa shape index (κ1) is 20.0. The molecule has 0 radical (unpaired) electrons. The summed E-state index contributed by atoms with van der Waals surface area (Å²) >= 11 is 0. The van der Waals surface area contributed by atoms with Crippen LogP contribution >= 0.6 is 0 Å². The van der Waals surface area contributed by atoms with Gasteiger partial charge in [-0.05, 0) is 54.7 Å². The van der Waals surface area contributed by atoms with Crippen molar-refractivity contribution in [3.8, 4) is 5.75 Å². The summed E-state index contributed by atoms with van der Waals surface area (Å²) in [4.78, 5) is 2.35. The standard InChI is InChI=1S/C23H28N2O3S/c1-2-29(26,27)25-14-11-22(12-15-25)24-13-10-20-16-23(9-8-21(20)17-24)28-18-19-6-4-3-5-7-19/h3-10,13,16,22H,2,11-12,14-15,17-18H2,1H3. The van der Waals surface area contributed by atoms with Crippen molar-refractivity contribution in [3.05, 3.63) is 71.4 Å². The summed E-state index contributed by atoms with van der Waals surface area (Å²) in [6.07, 6.45) is 6.04. The molecule has 0 spiro atoms. The van der Waals surface area contributed by atoms with Gasteiger partial charge in [0, 0.05) is 31.9 Å². The lowest BCUT2D eigenvalue weighted by atomic mass is 9.99. The average Bonchev–Trinajstić information content (AvgIpc) is 2.78. The van der Waals surface area contributed by atoms with E-state index in [0.29, 0.717) is 25.7 Å². The molecular weight excluding hydrogens is 384 g/mol. The zero-order valence-electron chi connectivity index (χ0n) is 16.8. The number of hydrogen-bond donors (Lipinski definition) is 0.